The number of ether oxygens (including phenoxy) is 2. The molecule has 0 saturated heterocycles. The summed E-state index contributed by atoms with van der Waals surface area (Å²) in [6.07, 6.45) is 0.733. The van der Waals surface area contributed by atoms with Crippen LogP contribution in [0.4, 0.5) is 0 Å². The maximum Gasteiger partial charge on any atom is 0.231 e. The first-order valence-electron chi connectivity index (χ1n) is 5.19. The zero-order chi connectivity index (χ0) is 11.7. The van der Waals surface area contributed by atoms with Gasteiger partial charge in [0.1, 0.15) is 5.69 Å². The van der Waals surface area contributed by atoms with Crippen molar-refractivity contribution in [3.8, 4) is 22.8 Å². The predicted molar refractivity (Wildman–Crippen MR) is 61.2 cm³/mol. The van der Waals surface area contributed by atoms with Gasteiger partial charge in [0.15, 0.2) is 17.8 Å². The van der Waals surface area contributed by atoms with Crippen molar-refractivity contribution in [3.63, 3.8) is 0 Å². The molecule has 17 heavy (non-hydrogen) atoms. The molecule has 0 bridgehead atoms. The summed E-state index contributed by atoms with van der Waals surface area (Å²) >= 11 is 0. The Morgan fingerprint density at radius 2 is 2.00 bits per heavy atom. The minimum Gasteiger partial charge on any atom is -0.454 e. The summed E-state index contributed by atoms with van der Waals surface area (Å²) in [4.78, 5) is 14.9. The van der Waals surface area contributed by atoms with Crippen molar-refractivity contribution >= 4 is 6.29 Å². The molecule has 3 rings (SSSR count). The van der Waals surface area contributed by atoms with Crippen LogP contribution in [0.25, 0.3) is 11.3 Å². The van der Waals surface area contributed by atoms with Gasteiger partial charge in [-0.25, -0.2) is 4.98 Å². The van der Waals surface area contributed by atoms with Crippen LogP contribution in [0, 0.1) is 0 Å². The highest BCUT2D eigenvalue weighted by atomic mass is 16.7. The lowest BCUT2D eigenvalue weighted by Crippen LogP contribution is -1.93. The van der Waals surface area contributed by atoms with E-state index in [1.165, 1.54) is 0 Å². The number of hydrogen-bond acceptors (Lipinski definition) is 4. The lowest BCUT2D eigenvalue weighted by molar-refractivity contribution is 0.111. The predicted octanol–water partition coefficient (Wildman–Crippen LogP) is 2.29. The Morgan fingerprint density at radius 1 is 1.12 bits per heavy atom. The average molecular weight is 227 g/mol. The third kappa shape index (κ3) is 1.73. The first-order valence-corrected chi connectivity index (χ1v) is 5.19. The van der Waals surface area contributed by atoms with Crippen molar-refractivity contribution in [2.75, 3.05) is 6.79 Å². The van der Waals surface area contributed by atoms with E-state index >= 15 is 0 Å². The fourth-order valence-electron chi connectivity index (χ4n) is 1.73. The number of carbonyl (C=O) groups is 1. The van der Waals surface area contributed by atoms with Gasteiger partial charge in [-0.1, -0.05) is 6.07 Å². The van der Waals surface area contributed by atoms with Crippen LogP contribution in [0.5, 0.6) is 11.5 Å². The van der Waals surface area contributed by atoms with Gasteiger partial charge in [0.25, 0.3) is 0 Å². The van der Waals surface area contributed by atoms with E-state index in [0.717, 1.165) is 23.3 Å². The first-order chi connectivity index (χ1) is 8.36. The second kappa shape index (κ2) is 3.90. The SMILES string of the molecule is O=Cc1cccc(-c2ccc3c(c2)OCO3)n1. The Bertz CT molecular complexity index is 581. The largest absolute Gasteiger partial charge is 0.454 e. The zero-order valence-corrected chi connectivity index (χ0v) is 8.92. The van der Waals surface area contributed by atoms with E-state index in [4.69, 9.17) is 9.47 Å². The number of pyridine rings is 1. The third-order valence-electron chi connectivity index (χ3n) is 2.56. The van der Waals surface area contributed by atoms with Gasteiger partial charge >= 0.3 is 0 Å². The lowest BCUT2D eigenvalue weighted by atomic mass is 10.1. The van der Waals surface area contributed by atoms with Crippen molar-refractivity contribution in [1.29, 1.82) is 0 Å². The molecule has 0 spiro atoms. The van der Waals surface area contributed by atoms with Crippen molar-refractivity contribution < 1.29 is 14.3 Å². The molecular formula is C13H9NO3. The Labute approximate surface area is 97.8 Å². The topological polar surface area (TPSA) is 48.4 Å². The van der Waals surface area contributed by atoms with Crippen LogP contribution in [-0.2, 0) is 0 Å². The average Bonchev–Trinajstić information content (AvgIpc) is 2.86. The molecule has 0 radical (unpaired) electrons. The zero-order valence-electron chi connectivity index (χ0n) is 8.92. The molecule has 1 aliphatic heterocycles. The Kier molecular flexibility index (Phi) is 2.26. The molecule has 0 fully saturated rings. The number of rotatable bonds is 2. The molecule has 0 aliphatic carbocycles. The fourth-order valence-corrected chi connectivity index (χ4v) is 1.73. The van der Waals surface area contributed by atoms with Gasteiger partial charge in [0.05, 0.1) is 5.69 Å². The fraction of sp³-hybridized carbons (Fsp3) is 0.0769. The second-order valence-corrected chi connectivity index (χ2v) is 3.63. The molecule has 1 aliphatic rings. The maximum atomic E-state index is 10.7. The Balaban J connectivity index is 2.06. The Hall–Kier alpha value is -2.36. The highest BCUT2D eigenvalue weighted by Gasteiger charge is 2.14. The quantitative estimate of drug-likeness (QED) is 0.738. The van der Waals surface area contributed by atoms with Gasteiger partial charge in [-0.2, -0.15) is 0 Å². The third-order valence-corrected chi connectivity index (χ3v) is 2.56. The van der Waals surface area contributed by atoms with E-state index in [1.807, 2.05) is 24.3 Å². The van der Waals surface area contributed by atoms with Crippen molar-refractivity contribution in [3.05, 3.63) is 42.1 Å². The standard InChI is InChI=1S/C13H9NO3/c15-7-10-2-1-3-11(14-10)9-4-5-12-13(6-9)17-8-16-12/h1-7H,8H2. The number of aldehydes is 1. The van der Waals surface area contributed by atoms with Crippen molar-refractivity contribution in [1.82, 2.24) is 4.98 Å². The van der Waals surface area contributed by atoms with Crippen LogP contribution in [0.1, 0.15) is 10.5 Å². The summed E-state index contributed by atoms with van der Waals surface area (Å²) in [5.41, 5.74) is 2.06. The number of fused-ring (bicyclic) bond motifs is 1. The monoisotopic (exact) mass is 227 g/mol. The molecule has 0 unspecified atom stereocenters. The molecule has 2 heterocycles. The second-order valence-electron chi connectivity index (χ2n) is 3.63. The van der Waals surface area contributed by atoms with Crippen molar-refractivity contribution in [2.45, 2.75) is 0 Å². The van der Waals surface area contributed by atoms with Gasteiger partial charge < -0.3 is 9.47 Å². The number of carbonyl (C=O) groups excluding carboxylic acids is 1. The molecular weight excluding hydrogens is 218 g/mol. The van der Waals surface area contributed by atoms with E-state index in [2.05, 4.69) is 4.98 Å². The van der Waals surface area contributed by atoms with Crippen LogP contribution in [0.3, 0.4) is 0 Å². The number of aromatic nitrogens is 1. The summed E-state index contributed by atoms with van der Waals surface area (Å²) < 4.78 is 10.5. The van der Waals surface area contributed by atoms with Gasteiger partial charge in [0.2, 0.25) is 6.79 Å². The summed E-state index contributed by atoms with van der Waals surface area (Å²) in [5, 5.41) is 0. The molecule has 4 nitrogen and oxygen atoms in total. The van der Waals surface area contributed by atoms with Crippen molar-refractivity contribution in [2.24, 2.45) is 0 Å². The molecule has 2 aromatic rings. The van der Waals surface area contributed by atoms with Gasteiger partial charge in [0, 0.05) is 5.56 Å². The Morgan fingerprint density at radius 3 is 2.88 bits per heavy atom. The van der Waals surface area contributed by atoms with E-state index in [0.29, 0.717) is 11.4 Å². The van der Waals surface area contributed by atoms with Gasteiger partial charge in [-0.3, -0.25) is 4.79 Å². The molecule has 0 atom stereocenters. The summed E-state index contributed by atoms with van der Waals surface area (Å²) in [7, 11) is 0. The molecule has 0 amide bonds. The highest BCUT2D eigenvalue weighted by molar-refractivity contribution is 5.74. The van der Waals surface area contributed by atoms with Crippen LogP contribution in [-0.4, -0.2) is 18.1 Å². The lowest BCUT2D eigenvalue weighted by Gasteiger charge is -2.02. The van der Waals surface area contributed by atoms with Crippen LogP contribution in [0.2, 0.25) is 0 Å². The van der Waals surface area contributed by atoms with Gasteiger partial charge in [-0.15, -0.1) is 0 Å². The number of hydrogen-bond donors (Lipinski definition) is 0. The molecule has 84 valence electrons. The summed E-state index contributed by atoms with van der Waals surface area (Å²) in [6, 6.07) is 10.9. The van der Waals surface area contributed by atoms with Crippen LogP contribution in [0.15, 0.2) is 36.4 Å². The molecule has 4 heteroatoms. The molecule has 1 aromatic heterocycles. The minimum atomic E-state index is 0.251. The van der Waals surface area contributed by atoms with E-state index < -0.39 is 0 Å². The summed E-state index contributed by atoms with van der Waals surface area (Å²) in [6.45, 7) is 0.251. The van der Waals surface area contributed by atoms with Crippen LogP contribution < -0.4 is 9.47 Å². The normalized spacial score (nSPS) is 12.5. The van der Waals surface area contributed by atoms with Crippen LogP contribution >= 0.6 is 0 Å². The van der Waals surface area contributed by atoms with E-state index in [-0.39, 0.29) is 6.79 Å². The summed E-state index contributed by atoms with van der Waals surface area (Å²) in [5.74, 6) is 1.45. The molecule has 0 saturated carbocycles. The van der Waals surface area contributed by atoms with E-state index in [9.17, 15) is 4.79 Å². The first kappa shape index (κ1) is 9.84. The number of nitrogens with zero attached hydrogens (tertiary/aromatic N) is 1. The highest BCUT2D eigenvalue weighted by Crippen LogP contribution is 2.35. The minimum absolute atomic E-state index is 0.251. The number of benzene rings is 1. The van der Waals surface area contributed by atoms with E-state index in [1.54, 1.807) is 12.1 Å². The molecule has 1 aromatic carbocycles. The smallest absolute Gasteiger partial charge is 0.231 e. The van der Waals surface area contributed by atoms with Gasteiger partial charge in [-0.05, 0) is 30.3 Å². The molecule has 0 N–H and O–H groups in total. The maximum absolute atomic E-state index is 10.7.